The lowest BCUT2D eigenvalue weighted by molar-refractivity contribution is -0.105. The summed E-state index contributed by atoms with van der Waals surface area (Å²) in [5, 5.41) is 3.09. The van der Waals surface area contributed by atoms with Crippen LogP contribution < -0.4 is 5.32 Å². The number of halogens is 3. The molecular weight excluding hydrogens is 163 g/mol. The fourth-order valence-electron chi connectivity index (χ4n) is 0.592. The molecule has 5 heteroatoms. The Morgan fingerprint density at radius 2 is 2.00 bits per heavy atom. The molecule has 0 amide bonds. The van der Waals surface area contributed by atoms with E-state index in [-0.39, 0.29) is 5.25 Å². The molecule has 1 rings (SSSR count). The summed E-state index contributed by atoms with van der Waals surface area (Å²) in [6.07, 6.45) is -4.00. The summed E-state index contributed by atoms with van der Waals surface area (Å²) in [5.74, 6) is -0.709. The van der Waals surface area contributed by atoms with Crippen LogP contribution in [0.3, 0.4) is 0 Å². The van der Waals surface area contributed by atoms with Crippen LogP contribution in [-0.4, -0.2) is 30.3 Å². The van der Waals surface area contributed by atoms with E-state index in [0.717, 1.165) is 24.9 Å². The predicted molar refractivity (Wildman–Crippen MR) is 35.2 cm³/mol. The molecule has 1 saturated heterocycles. The molecule has 0 unspecified atom stereocenters. The van der Waals surface area contributed by atoms with Gasteiger partial charge in [0.25, 0.3) is 0 Å². The zero-order chi connectivity index (χ0) is 7.61. The number of thioether (sulfide) groups is 1. The standard InChI is InChI=1S/C5H8F3NS/c6-5(7,8)3-10-4-1-9-2-4/h4,9H,1-3H2. The molecule has 0 bridgehead atoms. The number of alkyl halides is 3. The highest BCUT2D eigenvalue weighted by atomic mass is 32.2. The Morgan fingerprint density at radius 3 is 2.30 bits per heavy atom. The first-order valence-electron chi connectivity index (χ1n) is 2.97. The largest absolute Gasteiger partial charge is 0.397 e. The van der Waals surface area contributed by atoms with Crippen LogP contribution in [0.2, 0.25) is 0 Å². The van der Waals surface area contributed by atoms with Gasteiger partial charge < -0.3 is 5.32 Å². The average Bonchev–Trinajstić information content (AvgIpc) is 1.56. The Kier molecular flexibility index (Phi) is 2.46. The first kappa shape index (κ1) is 8.20. The van der Waals surface area contributed by atoms with Crippen LogP contribution in [0.25, 0.3) is 0 Å². The zero-order valence-electron chi connectivity index (χ0n) is 5.24. The second-order valence-corrected chi connectivity index (χ2v) is 3.50. The van der Waals surface area contributed by atoms with Crippen molar-refractivity contribution in [3.63, 3.8) is 0 Å². The molecule has 60 valence electrons. The number of nitrogens with one attached hydrogen (secondary N) is 1. The quantitative estimate of drug-likeness (QED) is 0.671. The van der Waals surface area contributed by atoms with E-state index < -0.39 is 11.9 Å². The van der Waals surface area contributed by atoms with Gasteiger partial charge in [-0.25, -0.2) is 0 Å². The maximum Gasteiger partial charge on any atom is 0.397 e. The molecule has 1 aliphatic rings. The smallest absolute Gasteiger partial charge is 0.314 e. The normalized spacial score (nSPS) is 20.7. The second-order valence-electron chi connectivity index (χ2n) is 2.21. The lowest BCUT2D eigenvalue weighted by Gasteiger charge is -2.26. The topological polar surface area (TPSA) is 12.0 Å². The van der Waals surface area contributed by atoms with Crippen molar-refractivity contribution in [1.29, 1.82) is 0 Å². The van der Waals surface area contributed by atoms with E-state index in [2.05, 4.69) is 5.32 Å². The molecule has 0 saturated carbocycles. The lowest BCUT2D eigenvalue weighted by Crippen LogP contribution is -2.45. The van der Waals surface area contributed by atoms with Gasteiger partial charge in [-0.2, -0.15) is 13.2 Å². The Hall–Kier alpha value is 0.1000. The second kappa shape index (κ2) is 3.00. The maximum absolute atomic E-state index is 11.5. The summed E-state index contributed by atoms with van der Waals surface area (Å²) < 4.78 is 34.6. The minimum atomic E-state index is -4.00. The van der Waals surface area contributed by atoms with Gasteiger partial charge in [0.2, 0.25) is 0 Å². The SMILES string of the molecule is FC(F)(F)CSC1CNC1. The van der Waals surface area contributed by atoms with Crippen LogP contribution >= 0.6 is 11.8 Å². The lowest BCUT2D eigenvalue weighted by atomic mass is 10.3. The van der Waals surface area contributed by atoms with Gasteiger partial charge in [-0.05, 0) is 0 Å². The Bertz CT molecular complexity index is 110. The maximum atomic E-state index is 11.5. The van der Waals surface area contributed by atoms with Gasteiger partial charge in [0.05, 0.1) is 5.75 Å². The fourth-order valence-corrected chi connectivity index (χ4v) is 1.49. The van der Waals surface area contributed by atoms with Crippen LogP contribution in [0, 0.1) is 0 Å². The van der Waals surface area contributed by atoms with Gasteiger partial charge in [-0.3, -0.25) is 0 Å². The Balaban J connectivity index is 2.04. The van der Waals surface area contributed by atoms with Crippen molar-refractivity contribution in [2.45, 2.75) is 11.4 Å². The van der Waals surface area contributed by atoms with Crippen molar-refractivity contribution in [3.05, 3.63) is 0 Å². The van der Waals surface area contributed by atoms with Gasteiger partial charge >= 0.3 is 6.18 Å². The summed E-state index contributed by atoms with van der Waals surface area (Å²) >= 11 is 0.983. The minimum Gasteiger partial charge on any atom is -0.314 e. The fraction of sp³-hybridized carbons (Fsp3) is 1.00. The van der Waals surface area contributed by atoms with Crippen molar-refractivity contribution in [2.75, 3.05) is 18.8 Å². The monoisotopic (exact) mass is 171 g/mol. The van der Waals surface area contributed by atoms with Crippen molar-refractivity contribution in [3.8, 4) is 0 Å². The predicted octanol–water partition coefficient (Wildman–Crippen LogP) is 1.25. The Morgan fingerprint density at radius 1 is 1.40 bits per heavy atom. The Labute approximate surface area is 61.4 Å². The molecule has 0 spiro atoms. The molecule has 0 aromatic rings. The molecule has 0 aromatic heterocycles. The van der Waals surface area contributed by atoms with E-state index in [1.165, 1.54) is 0 Å². The van der Waals surface area contributed by atoms with Crippen LogP contribution in [0.4, 0.5) is 13.2 Å². The zero-order valence-corrected chi connectivity index (χ0v) is 6.06. The van der Waals surface area contributed by atoms with Gasteiger partial charge in [0.15, 0.2) is 0 Å². The number of hydrogen-bond donors (Lipinski definition) is 1. The molecule has 1 nitrogen and oxygen atoms in total. The molecule has 0 radical (unpaired) electrons. The molecule has 1 aliphatic heterocycles. The highest BCUT2D eigenvalue weighted by Crippen LogP contribution is 2.25. The van der Waals surface area contributed by atoms with Crippen molar-refractivity contribution >= 4 is 11.8 Å². The van der Waals surface area contributed by atoms with E-state index in [0.29, 0.717) is 0 Å². The number of rotatable bonds is 2. The van der Waals surface area contributed by atoms with Crippen molar-refractivity contribution in [1.82, 2.24) is 5.32 Å². The summed E-state index contributed by atoms with van der Waals surface area (Å²) in [6, 6.07) is 0. The molecule has 0 aliphatic carbocycles. The molecule has 0 atom stereocenters. The molecule has 1 fully saturated rings. The summed E-state index contributed by atoms with van der Waals surface area (Å²) in [6.45, 7) is 1.45. The van der Waals surface area contributed by atoms with Gasteiger partial charge in [-0.15, -0.1) is 11.8 Å². The van der Waals surface area contributed by atoms with E-state index in [4.69, 9.17) is 0 Å². The minimum absolute atomic E-state index is 0.182. The third-order valence-corrected chi connectivity index (χ3v) is 2.53. The third-order valence-electron chi connectivity index (χ3n) is 1.23. The van der Waals surface area contributed by atoms with E-state index in [1.54, 1.807) is 0 Å². The number of hydrogen-bond acceptors (Lipinski definition) is 2. The third kappa shape index (κ3) is 2.79. The molecule has 1 N–H and O–H groups in total. The molecular formula is C5H8F3NS. The summed E-state index contributed by atoms with van der Waals surface area (Å²) in [4.78, 5) is 0. The van der Waals surface area contributed by atoms with E-state index in [9.17, 15) is 13.2 Å². The summed E-state index contributed by atoms with van der Waals surface area (Å²) in [7, 11) is 0. The highest BCUT2D eigenvalue weighted by Gasteiger charge is 2.30. The summed E-state index contributed by atoms with van der Waals surface area (Å²) in [5.41, 5.74) is 0. The molecule has 1 heterocycles. The average molecular weight is 171 g/mol. The highest BCUT2D eigenvalue weighted by molar-refractivity contribution is 8.00. The van der Waals surface area contributed by atoms with E-state index >= 15 is 0 Å². The first-order chi connectivity index (χ1) is 4.58. The van der Waals surface area contributed by atoms with Crippen LogP contribution in [0.5, 0.6) is 0 Å². The van der Waals surface area contributed by atoms with Crippen LogP contribution in [-0.2, 0) is 0 Å². The molecule has 0 aromatic carbocycles. The van der Waals surface area contributed by atoms with Crippen LogP contribution in [0.15, 0.2) is 0 Å². The van der Waals surface area contributed by atoms with Crippen LogP contribution in [0.1, 0.15) is 0 Å². The first-order valence-corrected chi connectivity index (χ1v) is 4.02. The van der Waals surface area contributed by atoms with E-state index in [1.807, 2.05) is 0 Å². The molecule has 10 heavy (non-hydrogen) atoms. The van der Waals surface area contributed by atoms with Gasteiger partial charge in [0.1, 0.15) is 0 Å². The van der Waals surface area contributed by atoms with Crippen molar-refractivity contribution < 1.29 is 13.2 Å². The van der Waals surface area contributed by atoms with Crippen molar-refractivity contribution in [2.24, 2.45) is 0 Å². The van der Waals surface area contributed by atoms with Gasteiger partial charge in [-0.1, -0.05) is 0 Å². The van der Waals surface area contributed by atoms with Gasteiger partial charge in [0, 0.05) is 18.3 Å².